The van der Waals surface area contributed by atoms with Crippen LogP contribution in [-0.2, 0) is 14.2 Å². The smallest absolute Gasteiger partial charge is 0.195 e. The normalized spacial score (nSPS) is 11.4. The Morgan fingerprint density at radius 1 is 1.04 bits per heavy atom. The second-order valence-corrected chi connectivity index (χ2v) is 4.95. The minimum Gasteiger partial charge on any atom is -0.493 e. The van der Waals surface area contributed by atoms with Crippen molar-refractivity contribution in [3.63, 3.8) is 0 Å². The first-order valence-corrected chi connectivity index (χ1v) is 8.06. The van der Waals surface area contributed by atoms with Crippen LogP contribution in [-0.4, -0.2) is 66.8 Å². The molecule has 1 rings (SSSR count). The highest BCUT2D eigenvalue weighted by atomic mass is 16.5. The van der Waals surface area contributed by atoms with E-state index in [-0.39, 0.29) is 0 Å². The van der Waals surface area contributed by atoms with Gasteiger partial charge in [-0.1, -0.05) is 6.07 Å². The van der Waals surface area contributed by atoms with Gasteiger partial charge in [0.25, 0.3) is 0 Å². The van der Waals surface area contributed by atoms with Crippen molar-refractivity contribution in [2.24, 2.45) is 4.99 Å². The van der Waals surface area contributed by atoms with E-state index in [0.29, 0.717) is 45.5 Å². The van der Waals surface area contributed by atoms with E-state index in [9.17, 15) is 0 Å². The van der Waals surface area contributed by atoms with Gasteiger partial charge in [0.05, 0.1) is 26.4 Å². The molecule has 0 saturated heterocycles. The van der Waals surface area contributed by atoms with Crippen LogP contribution in [0.3, 0.4) is 0 Å². The monoisotopic (exact) mass is 339 g/mol. The van der Waals surface area contributed by atoms with E-state index in [0.717, 1.165) is 17.9 Å². The molecule has 24 heavy (non-hydrogen) atoms. The van der Waals surface area contributed by atoms with Crippen LogP contribution in [0.1, 0.15) is 6.42 Å². The lowest BCUT2D eigenvalue weighted by Gasteiger charge is -2.13. The Bertz CT molecular complexity index is 469. The van der Waals surface area contributed by atoms with Crippen molar-refractivity contribution in [3.05, 3.63) is 24.3 Å². The molecule has 0 spiro atoms. The topological polar surface area (TPSA) is 73.3 Å². The number of benzene rings is 1. The van der Waals surface area contributed by atoms with Crippen LogP contribution in [0.15, 0.2) is 29.3 Å². The van der Waals surface area contributed by atoms with E-state index in [4.69, 9.17) is 18.9 Å². The minimum absolute atomic E-state index is 0.590. The van der Waals surface area contributed by atoms with Gasteiger partial charge in [-0.15, -0.1) is 0 Å². The number of ether oxygens (including phenoxy) is 4. The molecule has 7 nitrogen and oxygen atoms in total. The lowest BCUT2D eigenvalue weighted by atomic mass is 10.3. The number of nitrogens with zero attached hydrogens (tertiary/aromatic N) is 1. The first-order valence-electron chi connectivity index (χ1n) is 8.06. The molecule has 0 radical (unpaired) electrons. The predicted octanol–water partition coefficient (Wildman–Crippen LogP) is 1.75. The number of aliphatic imine (C=N–C) groups is 1. The lowest BCUT2D eigenvalue weighted by molar-refractivity contribution is 0.0734. The standard InChI is InChI=1S/C17H29N3O4/c1-18-17(19-8-11-23-13-12-22-3)20-15-6-4-7-16(14-15)24-10-5-9-21-2/h4,6-7,14H,5,8-13H2,1-3H3,(H2,18,19,20). The van der Waals surface area contributed by atoms with Gasteiger partial charge in [-0.3, -0.25) is 4.99 Å². The molecule has 0 fully saturated rings. The van der Waals surface area contributed by atoms with Crippen molar-refractivity contribution in [1.82, 2.24) is 5.32 Å². The SMILES string of the molecule is CN=C(NCCOCCOC)Nc1cccc(OCCCOC)c1. The van der Waals surface area contributed by atoms with Crippen LogP contribution in [0.2, 0.25) is 0 Å². The zero-order chi connectivity index (χ0) is 17.5. The quantitative estimate of drug-likeness (QED) is 0.343. The van der Waals surface area contributed by atoms with Crippen LogP contribution in [0.4, 0.5) is 5.69 Å². The number of nitrogens with one attached hydrogen (secondary N) is 2. The molecule has 0 unspecified atom stereocenters. The summed E-state index contributed by atoms with van der Waals surface area (Å²) in [5.41, 5.74) is 0.910. The Hall–Kier alpha value is -1.83. The summed E-state index contributed by atoms with van der Waals surface area (Å²) in [7, 11) is 5.07. The van der Waals surface area contributed by atoms with E-state index < -0.39 is 0 Å². The molecule has 2 N–H and O–H groups in total. The summed E-state index contributed by atoms with van der Waals surface area (Å²) in [6.45, 7) is 3.77. The first kappa shape index (κ1) is 20.2. The lowest BCUT2D eigenvalue weighted by Crippen LogP contribution is -2.33. The third-order valence-corrected chi connectivity index (χ3v) is 3.05. The van der Waals surface area contributed by atoms with Crippen LogP contribution in [0.25, 0.3) is 0 Å². The Balaban J connectivity index is 2.34. The van der Waals surface area contributed by atoms with Gasteiger partial charge < -0.3 is 29.6 Å². The largest absolute Gasteiger partial charge is 0.493 e. The van der Waals surface area contributed by atoms with Gasteiger partial charge in [-0.05, 0) is 12.1 Å². The number of hydrogen-bond acceptors (Lipinski definition) is 5. The molecule has 0 aliphatic rings. The van der Waals surface area contributed by atoms with Crippen molar-refractivity contribution >= 4 is 11.6 Å². The van der Waals surface area contributed by atoms with Crippen LogP contribution in [0.5, 0.6) is 5.75 Å². The third kappa shape index (κ3) is 9.34. The molecule has 136 valence electrons. The second-order valence-electron chi connectivity index (χ2n) is 4.95. The Morgan fingerprint density at radius 3 is 2.62 bits per heavy atom. The zero-order valence-electron chi connectivity index (χ0n) is 14.8. The number of anilines is 1. The summed E-state index contributed by atoms with van der Waals surface area (Å²) in [4.78, 5) is 4.19. The Labute approximate surface area is 144 Å². The summed E-state index contributed by atoms with van der Waals surface area (Å²) in [5, 5.41) is 6.42. The summed E-state index contributed by atoms with van der Waals surface area (Å²) in [6.07, 6.45) is 0.862. The summed E-state index contributed by atoms with van der Waals surface area (Å²) in [5.74, 6) is 1.50. The highest BCUT2D eigenvalue weighted by Gasteiger charge is 2.01. The molecule has 0 aliphatic heterocycles. The van der Waals surface area contributed by atoms with E-state index in [2.05, 4.69) is 15.6 Å². The third-order valence-electron chi connectivity index (χ3n) is 3.05. The molecule has 0 heterocycles. The number of guanidine groups is 1. The van der Waals surface area contributed by atoms with E-state index in [1.165, 1.54) is 0 Å². The molecule has 1 aromatic rings. The summed E-state index contributed by atoms with van der Waals surface area (Å²) in [6, 6.07) is 7.77. The maximum Gasteiger partial charge on any atom is 0.195 e. The zero-order valence-corrected chi connectivity index (χ0v) is 14.8. The van der Waals surface area contributed by atoms with E-state index in [1.807, 2.05) is 24.3 Å². The fourth-order valence-electron chi connectivity index (χ4n) is 1.86. The van der Waals surface area contributed by atoms with Crippen molar-refractivity contribution in [2.45, 2.75) is 6.42 Å². The Kier molecular flexibility index (Phi) is 11.5. The van der Waals surface area contributed by atoms with Gasteiger partial charge in [0.2, 0.25) is 0 Å². The fourth-order valence-corrected chi connectivity index (χ4v) is 1.86. The molecule has 1 aromatic carbocycles. The molecule has 7 heteroatoms. The molecule has 0 aromatic heterocycles. The van der Waals surface area contributed by atoms with E-state index >= 15 is 0 Å². The van der Waals surface area contributed by atoms with Crippen molar-refractivity contribution in [2.75, 3.05) is 66.2 Å². The molecular formula is C17H29N3O4. The van der Waals surface area contributed by atoms with Gasteiger partial charge in [0.1, 0.15) is 5.75 Å². The molecule has 0 atom stereocenters. The second kappa shape index (κ2) is 13.6. The van der Waals surface area contributed by atoms with Gasteiger partial charge in [0.15, 0.2) is 5.96 Å². The maximum absolute atomic E-state index is 5.69. The van der Waals surface area contributed by atoms with Gasteiger partial charge in [0, 0.05) is 52.6 Å². The molecular weight excluding hydrogens is 310 g/mol. The minimum atomic E-state index is 0.590. The summed E-state index contributed by atoms with van der Waals surface area (Å²) >= 11 is 0. The van der Waals surface area contributed by atoms with Crippen LogP contribution < -0.4 is 15.4 Å². The average molecular weight is 339 g/mol. The fraction of sp³-hybridized carbons (Fsp3) is 0.588. The van der Waals surface area contributed by atoms with Crippen molar-refractivity contribution in [3.8, 4) is 5.75 Å². The maximum atomic E-state index is 5.69. The molecule has 0 saturated carbocycles. The van der Waals surface area contributed by atoms with Gasteiger partial charge >= 0.3 is 0 Å². The first-order chi connectivity index (χ1) is 11.8. The highest BCUT2D eigenvalue weighted by molar-refractivity contribution is 5.93. The van der Waals surface area contributed by atoms with Gasteiger partial charge in [-0.2, -0.15) is 0 Å². The number of methoxy groups -OCH3 is 2. The van der Waals surface area contributed by atoms with Crippen LogP contribution in [0, 0.1) is 0 Å². The number of hydrogen-bond donors (Lipinski definition) is 2. The van der Waals surface area contributed by atoms with E-state index in [1.54, 1.807) is 21.3 Å². The van der Waals surface area contributed by atoms with Crippen LogP contribution >= 0.6 is 0 Å². The predicted molar refractivity (Wildman–Crippen MR) is 96.1 cm³/mol. The Morgan fingerprint density at radius 2 is 1.88 bits per heavy atom. The van der Waals surface area contributed by atoms with Crippen molar-refractivity contribution in [1.29, 1.82) is 0 Å². The highest BCUT2D eigenvalue weighted by Crippen LogP contribution is 2.17. The molecule has 0 amide bonds. The van der Waals surface area contributed by atoms with Gasteiger partial charge in [-0.25, -0.2) is 0 Å². The summed E-state index contributed by atoms with van der Waals surface area (Å²) < 4.78 is 21.0. The average Bonchev–Trinajstić information content (AvgIpc) is 2.61. The molecule has 0 bridgehead atoms. The van der Waals surface area contributed by atoms with Crippen molar-refractivity contribution < 1.29 is 18.9 Å². The number of rotatable bonds is 12. The molecule has 0 aliphatic carbocycles.